The van der Waals surface area contributed by atoms with Gasteiger partial charge in [0, 0.05) is 19.1 Å². The SMILES string of the molecule is COc1ccc(CCC2CCN(C(=O)C3CC(CC(C)C)NN3)CC2)cc1. The van der Waals surface area contributed by atoms with Crippen LogP contribution in [0.25, 0.3) is 0 Å². The topological polar surface area (TPSA) is 53.6 Å². The van der Waals surface area contributed by atoms with Crippen LogP contribution in [0.2, 0.25) is 0 Å². The summed E-state index contributed by atoms with van der Waals surface area (Å²) in [7, 11) is 1.70. The van der Waals surface area contributed by atoms with Crippen molar-refractivity contribution in [2.75, 3.05) is 20.2 Å². The van der Waals surface area contributed by atoms with E-state index in [0.29, 0.717) is 12.0 Å². The number of likely N-dealkylation sites (tertiary alicyclic amines) is 1. The fourth-order valence-electron chi connectivity index (χ4n) is 4.33. The zero-order valence-electron chi connectivity index (χ0n) is 17.0. The zero-order valence-corrected chi connectivity index (χ0v) is 17.0. The van der Waals surface area contributed by atoms with E-state index < -0.39 is 0 Å². The van der Waals surface area contributed by atoms with Crippen LogP contribution in [0.1, 0.15) is 51.5 Å². The van der Waals surface area contributed by atoms with E-state index in [1.807, 2.05) is 12.1 Å². The average Bonchev–Trinajstić information content (AvgIpc) is 3.14. The maximum absolute atomic E-state index is 12.8. The monoisotopic (exact) mass is 373 g/mol. The van der Waals surface area contributed by atoms with Crippen LogP contribution in [0, 0.1) is 11.8 Å². The highest BCUT2D eigenvalue weighted by Gasteiger charge is 2.33. The first kappa shape index (κ1) is 20.2. The van der Waals surface area contributed by atoms with Gasteiger partial charge in [-0.3, -0.25) is 10.2 Å². The number of methoxy groups -OCH3 is 1. The fourth-order valence-corrected chi connectivity index (χ4v) is 4.33. The van der Waals surface area contributed by atoms with E-state index in [1.165, 1.54) is 12.0 Å². The zero-order chi connectivity index (χ0) is 19.2. The van der Waals surface area contributed by atoms with E-state index in [2.05, 4.69) is 41.7 Å². The lowest BCUT2D eigenvalue weighted by atomic mass is 9.90. The van der Waals surface area contributed by atoms with Crippen LogP contribution in [0.3, 0.4) is 0 Å². The second-order valence-electron chi connectivity index (χ2n) is 8.56. The van der Waals surface area contributed by atoms with Crippen molar-refractivity contribution in [3.8, 4) is 5.75 Å². The van der Waals surface area contributed by atoms with Gasteiger partial charge in [0.1, 0.15) is 11.8 Å². The minimum Gasteiger partial charge on any atom is -0.497 e. The lowest BCUT2D eigenvalue weighted by Crippen LogP contribution is -2.48. The number of carbonyl (C=O) groups excluding carboxylic acids is 1. The first-order valence-electron chi connectivity index (χ1n) is 10.5. The van der Waals surface area contributed by atoms with E-state index in [4.69, 9.17) is 4.74 Å². The van der Waals surface area contributed by atoms with Gasteiger partial charge in [0.2, 0.25) is 5.91 Å². The molecule has 0 bridgehead atoms. The number of benzene rings is 1. The summed E-state index contributed by atoms with van der Waals surface area (Å²) in [4.78, 5) is 14.9. The highest BCUT2D eigenvalue weighted by atomic mass is 16.5. The van der Waals surface area contributed by atoms with Crippen molar-refractivity contribution in [3.63, 3.8) is 0 Å². The van der Waals surface area contributed by atoms with E-state index in [-0.39, 0.29) is 11.9 Å². The van der Waals surface area contributed by atoms with Crippen LogP contribution >= 0.6 is 0 Å². The maximum Gasteiger partial charge on any atom is 0.241 e. The molecule has 2 unspecified atom stereocenters. The van der Waals surface area contributed by atoms with Crippen molar-refractivity contribution in [1.82, 2.24) is 15.8 Å². The molecule has 27 heavy (non-hydrogen) atoms. The summed E-state index contributed by atoms with van der Waals surface area (Å²) in [5.74, 6) is 2.57. The highest BCUT2D eigenvalue weighted by Crippen LogP contribution is 2.24. The summed E-state index contributed by atoms with van der Waals surface area (Å²) in [5, 5.41) is 0. The van der Waals surface area contributed by atoms with Gasteiger partial charge in [-0.05, 0) is 68.1 Å². The Labute approximate surface area is 163 Å². The lowest BCUT2D eigenvalue weighted by molar-refractivity contribution is -0.134. The number of aryl methyl sites for hydroxylation is 1. The van der Waals surface area contributed by atoms with Crippen LogP contribution in [0.15, 0.2) is 24.3 Å². The molecule has 0 saturated carbocycles. The Kier molecular flexibility index (Phi) is 7.13. The normalized spacial score (nSPS) is 23.8. The molecule has 2 saturated heterocycles. The third-order valence-corrected chi connectivity index (χ3v) is 5.96. The van der Waals surface area contributed by atoms with E-state index >= 15 is 0 Å². The predicted molar refractivity (Wildman–Crippen MR) is 109 cm³/mol. The molecule has 2 fully saturated rings. The van der Waals surface area contributed by atoms with Crippen LogP contribution in [-0.2, 0) is 11.2 Å². The van der Waals surface area contributed by atoms with Gasteiger partial charge in [0.05, 0.1) is 7.11 Å². The highest BCUT2D eigenvalue weighted by molar-refractivity contribution is 5.82. The van der Waals surface area contributed by atoms with Gasteiger partial charge in [-0.1, -0.05) is 26.0 Å². The number of nitrogens with one attached hydrogen (secondary N) is 2. The molecule has 2 atom stereocenters. The molecule has 5 heteroatoms. The van der Waals surface area contributed by atoms with Gasteiger partial charge in [-0.25, -0.2) is 5.43 Å². The summed E-state index contributed by atoms with van der Waals surface area (Å²) in [6.45, 7) is 6.26. The standard InChI is InChI=1S/C22H35N3O2/c1-16(2)14-19-15-21(24-23-19)22(26)25-12-10-18(11-13-25)5-4-17-6-8-20(27-3)9-7-17/h6-9,16,18-19,21,23-24H,4-5,10-15H2,1-3H3. The Morgan fingerprint density at radius 3 is 2.52 bits per heavy atom. The molecule has 2 heterocycles. The molecular weight excluding hydrogens is 338 g/mol. The molecule has 2 aliphatic rings. The molecule has 0 radical (unpaired) electrons. The lowest BCUT2D eigenvalue weighted by Gasteiger charge is -2.33. The number of piperidine rings is 1. The average molecular weight is 374 g/mol. The molecule has 1 amide bonds. The number of nitrogens with zero attached hydrogens (tertiary/aromatic N) is 1. The van der Waals surface area contributed by atoms with Crippen LogP contribution in [0.4, 0.5) is 0 Å². The predicted octanol–water partition coefficient (Wildman–Crippen LogP) is 3.15. The Bertz CT molecular complexity index is 594. The van der Waals surface area contributed by atoms with Crippen LogP contribution in [-0.4, -0.2) is 43.1 Å². The Morgan fingerprint density at radius 1 is 1.19 bits per heavy atom. The minimum absolute atomic E-state index is 0.0513. The van der Waals surface area contributed by atoms with Gasteiger partial charge in [-0.15, -0.1) is 0 Å². The van der Waals surface area contributed by atoms with Crippen molar-refractivity contribution >= 4 is 5.91 Å². The summed E-state index contributed by atoms with van der Waals surface area (Å²) in [5.41, 5.74) is 7.90. The first-order chi connectivity index (χ1) is 13.0. The first-order valence-corrected chi connectivity index (χ1v) is 10.5. The fraction of sp³-hybridized carbons (Fsp3) is 0.682. The Morgan fingerprint density at radius 2 is 1.89 bits per heavy atom. The quantitative estimate of drug-likeness (QED) is 0.771. The molecule has 5 nitrogen and oxygen atoms in total. The summed E-state index contributed by atoms with van der Waals surface area (Å²) >= 11 is 0. The number of hydrazine groups is 1. The van der Waals surface area contributed by atoms with Crippen LogP contribution in [0.5, 0.6) is 5.75 Å². The Hall–Kier alpha value is -1.59. The third kappa shape index (κ3) is 5.69. The number of hydrogen-bond acceptors (Lipinski definition) is 4. The molecule has 150 valence electrons. The summed E-state index contributed by atoms with van der Waals surface area (Å²) in [6, 6.07) is 8.75. The van der Waals surface area contributed by atoms with Gasteiger partial charge in [0.15, 0.2) is 0 Å². The number of rotatable bonds is 7. The second kappa shape index (κ2) is 9.56. The molecule has 2 aliphatic heterocycles. The maximum atomic E-state index is 12.8. The molecule has 0 spiro atoms. The molecule has 2 N–H and O–H groups in total. The van der Waals surface area contributed by atoms with Crippen molar-refractivity contribution in [3.05, 3.63) is 29.8 Å². The number of amides is 1. The molecule has 0 aromatic heterocycles. The molecule has 1 aromatic rings. The minimum atomic E-state index is -0.0513. The van der Waals surface area contributed by atoms with Gasteiger partial charge >= 0.3 is 0 Å². The third-order valence-electron chi connectivity index (χ3n) is 5.96. The second-order valence-corrected chi connectivity index (χ2v) is 8.56. The van der Waals surface area contributed by atoms with Gasteiger partial charge in [0.25, 0.3) is 0 Å². The van der Waals surface area contributed by atoms with E-state index in [1.54, 1.807) is 7.11 Å². The molecule has 1 aromatic carbocycles. The van der Waals surface area contributed by atoms with Gasteiger partial charge < -0.3 is 9.64 Å². The molecule has 3 rings (SSSR count). The number of hydrogen-bond donors (Lipinski definition) is 2. The van der Waals surface area contributed by atoms with Crippen molar-refractivity contribution in [2.24, 2.45) is 11.8 Å². The van der Waals surface area contributed by atoms with E-state index in [9.17, 15) is 4.79 Å². The smallest absolute Gasteiger partial charge is 0.241 e. The van der Waals surface area contributed by atoms with Crippen molar-refractivity contribution in [2.45, 2.75) is 64.5 Å². The summed E-state index contributed by atoms with van der Waals surface area (Å²) < 4.78 is 5.22. The number of carbonyl (C=O) groups is 1. The van der Waals surface area contributed by atoms with Crippen LogP contribution < -0.4 is 15.6 Å². The van der Waals surface area contributed by atoms with Gasteiger partial charge in [-0.2, -0.15) is 0 Å². The molecular formula is C22H35N3O2. The number of ether oxygens (including phenoxy) is 1. The van der Waals surface area contributed by atoms with Crippen molar-refractivity contribution in [1.29, 1.82) is 0 Å². The Balaban J connectivity index is 1.38. The largest absolute Gasteiger partial charge is 0.497 e. The van der Waals surface area contributed by atoms with E-state index in [0.717, 1.165) is 56.9 Å². The summed E-state index contributed by atoms with van der Waals surface area (Å²) in [6.07, 6.45) is 6.58. The van der Waals surface area contributed by atoms with Crippen molar-refractivity contribution < 1.29 is 9.53 Å². The molecule has 0 aliphatic carbocycles.